The zero-order chi connectivity index (χ0) is 14.9. The van der Waals surface area contributed by atoms with Crippen molar-refractivity contribution >= 4 is 5.82 Å². The molecular weight excluding hydrogens is 246 g/mol. The molecule has 1 heterocycles. The normalized spacial score (nSPS) is 16.2. The standard InChI is InChI=1S/C17H25N3/c1-12(17(2,3)4)20(5)16-14(11-18)10-13-8-6-7-9-15(13)19-16/h10,12H,6-9H2,1-5H3. The lowest BCUT2D eigenvalue weighted by atomic mass is 9.87. The fourth-order valence-corrected chi connectivity index (χ4v) is 2.74. The van der Waals surface area contributed by atoms with Gasteiger partial charge < -0.3 is 4.90 Å². The van der Waals surface area contributed by atoms with Crippen molar-refractivity contribution in [1.29, 1.82) is 5.26 Å². The first-order valence-corrected chi connectivity index (χ1v) is 7.50. The summed E-state index contributed by atoms with van der Waals surface area (Å²) < 4.78 is 0. The zero-order valence-corrected chi connectivity index (χ0v) is 13.3. The first-order chi connectivity index (χ1) is 9.34. The van der Waals surface area contributed by atoms with Crippen LogP contribution in [0.3, 0.4) is 0 Å². The van der Waals surface area contributed by atoms with Gasteiger partial charge in [0.1, 0.15) is 11.9 Å². The third-order valence-corrected chi connectivity index (χ3v) is 4.57. The van der Waals surface area contributed by atoms with Crippen molar-refractivity contribution in [2.75, 3.05) is 11.9 Å². The van der Waals surface area contributed by atoms with Crippen molar-refractivity contribution in [1.82, 2.24) is 4.98 Å². The zero-order valence-electron chi connectivity index (χ0n) is 13.3. The maximum Gasteiger partial charge on any atom is 0.146 e. The molecule has 0 aliphatic heterocycles. The molecule has 20 heavy (non-hydrogen) atoms. The molecule has 3 heteroatoms. The first-order valence-electron chi connectivity index (χ1n) is 7.50. The minimum atomic E-state index is 0.152. The number of rotatable bonds is 2. The second-order valence-electron chi connectivity index (χ2n) is 6.94. The maximum atomic E-state index is 9.44. The van der Waals surface area contributed by atoms with Gasteiger partial charge in [0.25, 0.3) is 0 Å². The van der Waals surface area contributed by atoms with Gasteiger partial charge in [-0.2, -0.15) is 5.26 Å². The highest BCUT2D eigenvalue weighted by Crippen LogP contribution is 2.31. The Labute approximate surface area is 122 Å². The molecule has 0 saturated carbocycles. The highest BCUT2D eigenvalue weighted by atomic mass is 15.2. The summed E-state index contributed by atoms with van der Waals surface area (Å²) in [5.74, 6) is 0.843. The van der Waals surface area contributed by atoms with Crippen LogP contribution in [0.1, 0.15) is 57.4 Å². The predicted molar refractivity (Wildman–Crippen MR) is 82.9 cm³/mol. The summed E-state index contributed by atoms with van der Waals surface area (Å²) in [5.41, 5.74) is 3.33. The molecule has 0 amide bonds. The van der Waals surface area contributed by atoms with Crippen molar-refractivity contribution in [2.24, 2.45) is 5.41 Å². The molecule has 0 spiro atoms. The fourth-order valence-electron chi connectivity index (χ4n) is 2.74. The summed E-state index contributed by atoms with van der Waals surface area (Å²) in [6, 6.07) is 4.71. The molecule has 0 saturated heterocycles. The van der Waals surface area contributed by atoms with Crippen LogP contribution < -0.4 is 4.90 Å². The maximum absolute atomic E-state index is 9.44. The Bertz CT molecular complexity index is 534. The summed E-state index contributed by atoms with van der Waals surface area (Å²) in [7, 11) is 2.05. The Morgan fingerprint density at radius 3 is 2.55 bits per heavy atom. The smallest absolute Gasteiger partial charge is 0.146 e. The monoisotopic (exact) mass is 271 g/mol. The van der Waals surface area contributed by atoms with Crippen molar-refractivity contribution in [3.8, 4) is 6.07 Å². The van der Waals surface area contributed by atoms with Gasteiger partial charge in [-0.15, -0.1) is 0 Å². The Morgan fingerprint density at radius 2 is 1.95 bits per heavy atom. The molecule has 0 aromatic carbocycles. The Morgan fingerprint density at radius 1 is 1.30 bits per heavy atom. The number of nitrogens with zero attached hydrogens (tertiary/aromatic N) is 3. The number of anilines is 1. The third-order valence-electron chi connectivity index (χ3n) is 4.57. The van der Waals surface area contributed by atoms with E-state index in [9.17, 15) is 5.26 Å². The molecule has 108 valence electrons. The lowest BCUT2D eigenvalue weighted by Gasteiger charge is -2.37. The van der Waals surface area contributed by atoms with Crippen LogP contribution in [0.5, 0.6) is 0 Å². The Kier molecular flexibility index (Phi) is 4.04. The van der Waals surface area contributed by atoms with Gasteiger partial charge >= 0.3 is 0 Å². The minimum Gasteiger partial charge on any atom is -0.355 e. The van der Waals surface area contributed by atoms with E-state index in [0.717, 1.165) is 18.7 Å². The van der Waals surface area contributed by atoms with E-state index in [1.165, 1.54) is 24.1 Å². The first kappa shape index (κ1) is 14.8. The van der Waals surface area contributed by atoms with E-state index >= 15 is 0 Å². The average Bonchev–Trinajstić information content (AvgIpc) is 2.43. The molecule has 0 radical (unpaired) electrons. The molecule has 1 aromatic heterocycles. The SMILES string of the molecule is CC(N(C)c1nc2c(cc1C#N)CCCC2)C(C)(C)C. The second-order valence-corrected chi connectivity index (χ2v) is 6.94. The van der Waals surface area contributed by atoms with Gasteiger partial charge in [0.2, 0.25) is 0 Å². The molecule has 1 aliphatic carbocycles. The number of aromatic nitrogens is 1. The van der Waals surface area contributed by atoms with Gasteiger partial charge in [-0.1, -0.05) is 20.8 Å². The van der Waals surface area contributed by atoms with Crippen molar-refractivity contribution in [3.63, 3.8) is 0 Å². The Hall–Kier alpha value is -1.56. The minimum absolute atomic E-state index is 0.152. The second kappa shape index (κ2) is 5.44. The van der Waals surface area contributed by atoms with E-state index in [0.29, 0.717) is 11.6 Å². The number of aryl methyl sites for hydroxylation is 2. The molecule has 0 fully saturated rings. The van der Waals surface area contributed by atoms with Gasteiger partial charge in [0.05, 0.1) is 5.56 Å². The summed E-state index contributed by atoms with van der Waals surface area (Å²) in [6.45, 7) is 8.86. The van der Waals surface area contributed by atoms with Gasteiger partial charge in [-0.05, 0) is 49.7 Å². The van der Waals surface area contributed by atoms with Crippen LogP contribution in [-0.2, 0) is 12.8 Å². The van der Waals surface area contributed by atoms with Crippen molar-refractivity contribution in [3.05, 3.63) is 22.9 Å². The molecule has 1 aliphatic rings. The molecule has 1 unspecified atom stereocenters. The molecule has 1 atom stereocenters. The van der Waals surface area contributed by atoms with E-state index in [4.69, 9.17) is 4.98 Å². The molecule has 3 nitrogen and oxygen atoms in total. The average molecular weight is 271 g/mol. The molecular formula is C17H25N3. The van der Waals surface area contributed by atoms with Crippen LogP contribution in [-0.4, -0.2) is 18.1 Å². The van der Waals surface area contributed by atoms with Gasteiger partial charge in [0.15, 0.2) is 0 Å². The fraction of sp³-hybridized carbons (Fsp3) is 0.647. The number of nitriles is 1. The Balaban J connectivity index is 2.43. The van der Waals surface area contributed by atoms with Gasteiger partial charge in [-0.25, -0.2) is 4.98 Å². The van der Waals surface area contributed by atoms with Crippen molar-refractivity contribution in [2.45, 2.75) is 59.4 Å². The predicted octanol–water partition coefficient (Wildman–Crippen LogP) is 3.70. The summed E-state index contributed by atoms with van der Waals surface area (Å²) in [6.07, 6.45) is 4.54. The lowest BCUT2D eigenvalue weighted by Crippen LogP contribution is -2.40. The van der Waals surface area contributed by atoms with Crippen LogP contribution in [0.4, 0.5) is 5.82 Å². The van der Waals surface area contributed by atoms with Gasteiger partial charge in [0, 0.05) is 18.8 Å². The highest BCUT2D eigenvalue weighted by Gasteiger charge is 2.27. The summed E-state index contributed by atoms with van der Waals surface area (Å²) >= 11 is 0. The summed E-state index contributed by atoms with van der Waals surface area (Å²) in [5, 5.41) is 9.44. The van der Waals surface area contributed by atoms with Gasteiger partial charge in [-0.3, -0.25) is 0 Å². The van der Waals surface area contributed by atoms with Crippen LogP contribution >= 0.6 is 0 Å². The van der Waals surface area contributed by atoms with Crippen molar-refractivity contribution < 1.29 is 0 Å². The number of hydrogen-bond donors (Lipinski definition) is 0. The number of pyridine rings is 1. The number of hydrogen-bond acceptors (Lipinski definition) is 3. The van der Waals surface area contributed by atoms with E-state index in [1.807, 2.05) is 7.05 Å². The molecule has 2 rings (SSSR count). The molecule has 0 bridgehead atoms. The largest absolute Gasteiger partial charge is 0.355 e. The molecule has 0 N–H and O–H groups in total. The third kappa shape index (κ3) is 2.80. The topological polar surface area (TPSA) is 39.9 Å². The van der Waals surface area contributed by atoms with E-state index < -0.39 is 0 Å². The summed E-state index contributed by atoms with van der Waals surface area (Å²) in [4.78, 5) is 6.98. The molecule has 1 aromatic rings. The van der Waals surface area contributed by atoms with E-state index in [-0.39, 0.29) is 5.41 Å². The quantitative estimate of drug-likeness (QED) is 0.823. The lowest BCUT2D eigenvalue weighted by molar-refractivity contribution is 0.328. The van der Waals surface area contributed by atoms with Crippen LogP contribution in [0.15, 0.2) is 6.07 Å². The van der Waals surface area contributed by atoms with Crippen LogP contribution in [0.2, 0.25) is 0 Å². The van der Waals surface area contributed by atoms with Crippen LogP contribution in [0, 0.1) is 16.7 Å². The highest BCUT2D eigenvalue weighted by molar-refractivity contribution is 5.56. The van der Waals surface area contributed by atoms with E-state index in [1.54, 1.807) is 0 Å². The van der Waals surface area contributed by atoms with Crippen LogP contribution in [0.25, 0.3) is 0 Å². The van der Waals surface area contributed by atoms with E-state index in [2.05, 4.69) is 44.7 Å². The number of fused-ring (bicyclic) bond motifs is 1.